The third kappa shape index (κ3) is 3.78. The van der Waals surface area contributed by atoms with Crippen LogP contribution in [0, 0.1) is 0 Å². The Balaban J connectivity index is 2.59. The number of halogens is 2. The summed E-state index contributed by atoms with van der Waals surface area (Å²) in [7, 11) is 1.18. The highest BCUT2D eigenvalue weighted by atomic mass is 19.3. The van der Waals surface area contributed by atoms with Crippen LogP contribution in [0.2, 0.25) is 0 Å². The summed E-state index contributed by atoms with van der Waals surface area (Å²) in [6.07, 6.45) is -0.595. The molecule has 0 saturated carbocycles. The summed E-state index contributed by atoms with van der Waals surface area (Å²) >= 11 is 0. The lowest BCUT2D eigenvalue weighted by molar-refractivity contribution is -0.142. The summed E-state index contributed by atoms with van der Waals surface area (Å²) in [5, 5.41) is 0. The molecule has 1 unspecified atom stereocenters. The fourth-order valence-corrected chi connectivity index (χ4v) is 1.43. The minimum atomic E-state index is -2.98. The van der Waals surface area contributed by atoms with Crippen molar-refractivity contribution in [2.75, 3.05) is 7.11 Å². The van der Waals surface area contributed by atoms with Gasteiger partial charge in [0.15, 0.2) is 0 Å². The van der Waals surface area contributed by atoms with Gasteiger partial charge in [0.2, 0.25) is 0 Å². The van der Waals surface area contributed by atoms with Gasteiger partial charge in [0.1, 0.15) is 6.04 Å². The number of nitrogens with two attached hydrogens (primary N) is 1. The molecule has 0 radical (unpaired) electrons. The first-order chi connectivity index (χ1) is 7.97. The minimum Gasteiger partial charge on any atom is -0.468 e. The van der Waals surface area contributed by atoms with Crippen LogP contribution in [0.5, 0.6) is 0 Å². The first-order valence-corrected chi connectivity index (χ1v) is 5.24. The number of methoxy groups -OCH3 is 1. The minimum absolute atomic E-state index is 0.0722. The summed E-state index contributed by atoms with van der Waals surface area (Å²) in [5.74, 6) is -3.65. The van der Waals surface area contributed by atoms with Gasteiger partial charge in [-0.05, 0) is 6.42 Å². The molecule has 2 N–H and O–H groups in total. The monoisotopic (exact) mass is 243 g/mol. The van der Waals surface area contributed by atoms with Crippen LogP contribution in [-0.2, 0) is 15.5 Å². The molecule has 0 fully saturated rings. The maximum absolute atomic E-state index is 13.7. The Bertz CT molecular complexity index is 368. The first-order valence-electron chi connectivity index (χ1n) is 5.24. The molecule has 5 heteroatoms. The molecule has 0 heterocycles. The van der Waals surface area contributed by atoms with Crippen LogP contribution in [0.25, 0.3) is 0 Å². The van der Waals surface area contributed by atoms with E-state index in [0.29, 0.717) is 0 Å². The lowest BCUT2D eigenvalue weighted by atomic mass is 10.0. The Morgan fingerprint density at radius 2 is 2.00 bits per heavy atom. The third-order valence-electron chi connectivity index (χ3n) is 2.47. The molecule has 0 bridgehead atoms. The van der Waals surface area contributed by atoms with E-state index in [1.165, 1.54) is 19.2 Å². The Kier molecular flexibility index (Phi) is 4.57. The van der Waals surface area contributed by atoms with Crippen molar-refractivity contribution in [1.82, 2.24) is 0 Å². The molecule has 0 amide bonds. The van der Waals surface area contributed by atoms with E-state index in [0.717, 1.165) is 0 Å². The van der Waals surface area contributed by atoms with Gasteiger partial charge in [0.25, 0.3) is 5.92 Å². The first kappa shape index (κ1) is 13.6. The zero-order valence-electron chi connectivity index (χ0n) is 9.53. The molecule has 1 atom stereocenters. The van der Waals surface area contributed by atoms with Crippen molar-refractivity contribution < 1.29 is 18.3 Å². The number of ether oxygens (including phenoxy) is 1. The molecule has 0 spiro atoms. The van der Waals surface area contributed by atoms with Gasteiger partial charge in [-0.1, -0.05) is 30.3 Å². The zero-order chi connectivity index (χ0) is 12.9. The van der Waals surface area contributed by atoms with Gasteiger partial charge in [0.05, 0.1) is 7.11 Å². The lowest BCUT2D eigenvalue weighted by Gasteiger charge is -2.18. The summed E-state index contributed by atoms with van der Waals surface area (Å²) in [6.45, 7) is 0. The molecule has 0 aliphatic heterocycles. The highest BCUT2D eigenvalue weighted by molar-refractivity contribution is 5.75. The van der Waals surface area contributed by atoms with Gasteiger partial charge in [-0.25, -0.2) is 8.78 Å². The van der Waals surface area contributed by atoms with Gasteiger partial charge < -0.3 is 10.5 Å². The van der Waals surface area contributed by atoms with E-state index in [1.807, 2.05) is 0 Å². The van der Waals surface area contributed by atoms with E-state index in [2.05, 4.69) is 4.74 Å². The number of carbonyl (C=O) groups excluding carboxylic acids is 1. The van der Waals surface area contributed by atoms with Crippen LogP contribution in [0.4, 0.5) is 8.78 Å². The number of rotatable bonds is 5. The number of hydrogen-bond donors (Lipinski definition) is 1. The Hall–Kier alpha value is -1.49. The van der Waals surface area contributed by atoms with Crippen molar-refractivity contribution >= 4 is 5.97 Å². The van der Waals surface area contributed by atoms with Gasteiger partial charge in [0, 0.05) is 12.0 Å². The Morgan fingerprint density at radius 1 is 1.41 bits per heavy atom. The summed E-state index contributed by atoms with van der Waals surface area (Å²) in [5.41, 5.74) is 5.33. The van der Waals surface area contributed by atoms with E-state index in [9.17, 15) is 13.6 Å². The topological polar surface area (TPSA) is 52.3 Å². The predicted octanol–water partition coefficient (Wildman–Crippen LogP) is 2.06. The number of hydrogen-bond acceptors (Lipinski definition) is 3. The number of alkyl halides is 2. The second-order valence-electron chi connectivity index (χ2n) is 3.74. The van der Waals surface area contributed by atoms with Crippen molar-refractivity contribution in [3.63, 3.8) is 0 Å². The normalized spacial score (nSPS) is 13.2. The number of carbonyl (C=O) groups is 1. The van der Waals surface area contributed by atoms with E-state index < -0.39 is 24.4 Å². The molecule has 0 aliphatic rings. The standard InChI is InChI=1S/C12H15F2NO2/c1-17-11(16)10(15)7-8-12(13,14)9-5-3-2-4-6-9/h2-6,10H,7-8,15H2,1H3. The molecule has 3 nitrogen and oxygen atoms in total. The largest absolute Gasteiger partial charge is 0.468 e. The van der Waals surface area contributed by atoms with E-state index in [4.69, 9.17) is 5.73 Å². The molecular weight excluding hydrogens is 228 g/mol. The average Bonchev–Trinajstić information content (AvgIpc) is 2.36. The van der Waals surface area contributed by atoms with E-state index >= 15 is 0 Å². The van der Waals surface area contributed by atoms with Crippen LogP contribution < -0.4 is 5.73 Å². The highest BCUT2D eigenvalue weighted by Gasteiger charge is 2.32. The van der Waals surface area contributed by atoms with Crippen LogP contribution in [0.1, 0.15) is 18.4 Å². The van der Waals surface area contributed by atoms with Gasteiger partial charge in [-0.15, -0.1) is 0 Å². The Labute approximate surface area is 98.6 Å². The summed E-state index contributed by atoms with van der Waals surface area (Å²) in [4.78, 5) is 11.0. The second kappa shape index (κ2) is 5.72. The summed E-state index contributed by atoms with van der Waals surface area (Å²) in [6, 6.07) is 6.45. The maximum Gasteiger partial charge on any atom is 0.322 e. The molecule has 0 saturated heterocycles. The predicted molar refractivity (Wildman–Crippen MR) is 59.6 cm³/mol. The molecular formula is C12H15F2NO2. The highest BCUT2D eigenvalue weighted by Crippen LogP contribution is 2.32. The Morgan fingerprint density at radius 3 is 2.53 bits per heavy atom. The molecule has 17 heavy (non-hydrogen) atoms. The maximum atomic E-state index is 13.7. The van der Waals surface area contributed by atoms with Gasteiger partial charge in [-0.2, -0.15) is 0 Å². The zero-order valence-corrected chi connectivity index (χ0v) is 9.53. The van der Waals surface area contributed by atoms with Crippen LogP contribution in [-0.4, -0.2) is 19.1 Å². The SMILES string of the molecule is COC(=O)C(N)CCC(F)(F)c1ccccc1. The van der Waals surface area contributed by atoms with Crippen LogP contribution in [0.3, 0.4) is 0 Å². The van der Waals surface area contributed by atoms with E-state index in [-0.39, 0.29) is 12.0 Å². The summed E-state index contributed by atoms with van der Waals surface area (Å²) < 4.78 is 31.7. The van der Waals surface area contributed by atoms with Crippen molar-refractivity contribution in [1.29, 1.82) is 0 Å². The molecule has 0 aromatic heterocycles. The fourth-order valence-electron chi connectivity index (χ4n) is 1.43. The van der Waals surface area contributed by atoms with Gasteiger partial charge in [-0.3, -0.25) is 4.79 Å². The lowest BCUT2D eigenvalue weighted by Crippen LogP contribution is -2.33. The average molecular weight is 243 g/mol. The fraction of sp³-hybridized carbons (Fsp3) is 0.417. The molecule has 0 aliphatic carbocycles. The van der Waals surface area contributed by atoms with Crippen molar-refractivity contribution in [2.24, 2.45) is 5.73 Å². The second-order valence-corrected chi connectivity index (χ2v) is 3.74. The number of benzene rings is 1. The van der Waals surface area contributed by atoms with Crippen LogP contribution in [0.15, 0.2) is 30.3 Å². The van der Waals surface area contributed by atoms with Crippen molar-refractivity contribution in [3.05, 3.63) is 35.9 Å². The number of esters is 1. The van der Waals surface area contributed by atoms with Crippen LogP contribution >= 0.6 is 0 Å². The molecule has 1 aromatic carbocycles. The smallest absolute Gasteiger partial charge is 0.322 e. The van der Waals surface area contributed by atoms with Gasteiger partial charge >= 0.3 is 5.97 Å². The van der Waals surface area contributed by atoms with Crippen molar-refractivity contribution in [2.45, 2.75) is 24.8 Å². The molecule has 1 aromatic rings. The van der Waals surface area contributed by atoms with Crippen molar-refractivity contribution in [3.8, 4) is 0 Å². The molecule has 94 valence electrons. The van der Waals surface area contributed by atoms with E-state index in [1.54, 1.807) is 18.2 Å². The third-order valence-corrected chi connectivity index (χ3v) is 2.47. The molecule has 1 rings (SSSR count). The quantitative estimate of drug-likeness (QED) is 0.805.